The van der Waals surface area contributed by atoms with E-state index in [-0.39, 0.29) is 16.6 Å². The Morgan fingerprint density at radius 3 is 2.57 bits per heavy atom. The fraction of sp³-hybridized carbons (Fsp3) is 0.333. The molecule has 2 rings (SSSR count). The number of hydrogen-bond acceptors (Lipinski definition) is 2. The molecule has 0 unspecified atom stereocenters. The van der Waals surface area contributed by atoms with E-state index in [1.807, 2.05) is 32.9 Å². The lowest BCUT2D eigenvalue weighted by Gasteiger charge is -2.14. The third kappa shape index (κ3) is 2.99. The summed E-state index contributed by atoms with van der Waals surface area (Å²) in [5.41, 5.74) is 1.03. The van der Waals surface area contributed by atoms with Gasteiger partial charge in [0.1, 0.15) is 5.15 Å². The van der Waals surface area contributed by atoms with Gasteiger partial charge in [-0.25, -0.2) is 9.36 Å². The Hall–Kier alpha value is -1.33. The van der Waals surface area contributed by atoms with Gasteiger partial charge in [-0.15, -0.1) is 0 Å². The number of benzene rings is 1. The van der Waals surface area contributed by atoms with Crippen LogP contribution in [0.1, 0.15) is 37.8 Å². The average molecular weight is 372 g/mol. The highest BCUT2D eigenvalue weighted by Gasteiger charge is 2.18. The molecule has 1 aromatic heterocycles. The van der Waals surface area contributed by atoms with Crippen molar-refractivity contribution < 1.29 is 0 Å². The summed E-state index contributed by atoms with van der Waals surface area (Å²) in [6.07, 6.45) is 0.709. The van der Waals surface area contributed by atoms with E-state index in [1.165, 1.54) is 0 Å². The highest BCUT2D eigenvalue weighted by atomic mass is 79.9. The lowest BCUT2D eigenvalue weighted by molar-refractivity contribution is 0.773. The predicted molar refractivity (Wildman–Crippen MR) is 88.8 cm³/mol. The molecule has 0 bridgehead atoms. The van der Waals surface area contributed by atoms with Crippen molar-refractivity contribution in [1.82, 2.24) is 9.55 Å². The third-order valence-electron chi connectivity index (χ3n) is 3.33. The van der Waals surface area contributed by atoms with Gasteiger partial charge in [-0.2, -0.15) is 0 Å². The maximum Gasteiger partial charge on any atom is 0.334 e. The molecule has 0 fully saturated rings. The molecule has 0 aliphatic rings. The molecule has 4 nitrogen and oxygen atoms in total. The second-order valence-corrected chi connectivity index (χ2v) is 6.37. The van der Waals surface area contributed by atoms with Gasteiger partial charge in [0, 0.05) is 4.47 Å². The minimum absolute atomic E-state index is 0.0753. The molecule has 0 saturated carbocycles. The number of H-pyrrole nitrogens is 1. The highest BCUT2D eigenvalue weighted by Crippen LogP contribution is 2.21. The summed E-state index contributed by atoms with van der Waals surface area (Å²) in [7, 11) is 0. The number of halogens is 2. The third-order valence-corrected chi connectivity index (χ3v) is 4.12. The van der Waals surface area contributed by atoms with Gasteiger partial charge < -0.3 is 0 Å². The standard InChI is InChI=1S/C15H16BrClN2O2/c1-4-9-7-10(16)5-6-11(9)19-14(20)12(8(2)3)13(17)18-15(19)21/h5-8H,4H2,1-3H3,(H,18,21). The van der Waals surface area contributed by atoms with Crippen molar-refractivity contribution in [1.29, 1.82) is 0 Å². The number of hydrogen-bond donors (Lipinski definition) is 1. The van der Waals surface area contributed by atoms with Gasteiger partial charge in [0.25, 0.3) is 5.56 Å². The molecule has 0 aliphatic heterocycles. The van der Waals surface area contributed by atoms with Gasteiger partial charge in [-0.05, 0) is 36.1 Å². The summed E-state index contributed by atoms with van der Waals surface area (Å²) in [5.74, 6) is -0.0753. The molecule has 112 valence electrons. The molecule has 1 heterocycles. The number of aromatic amines is 1. The van der Waals surface area contributed by atoms with Crippen molar-refractivity contribution in [2.45, 2.75) is 33.1 Å². The van der Waals surface area contributed by atoms with E-state index >= 15 is 0 Å². The van der Waals surface area contributed by atoms with E-state index in [0.717, 1.165) is 14.6 Å². The van der Waals surface area contributed by atoms with Gasteiger partial charge >= 0.3 is 5.69 Å². The fourth-order valence-electron chi connectivity index (χ4n) is 2.30. The molecule has 0 saturated heterocycles. The van der Waals surface area contributed by atoms with E-state index in [0.29, 0.717) is 17.7 Å². The van der Waals surface area contributed by atoms with Crippen molar-refractivity contribution in [2.75, 3.05) is 0 Å². The zero-order valence-electron chi connectivity index (χ0n) is 12.0. The minimum Gasteiger partial charge on any atom is -0.297 e. The van der Waals surface area contributed by atoms with Crippen LogP contribution >= 0.6 is 27.5 Å². The molecule has 6 heteroatoms. The van der Waals surface area contributed by atoms with E-state index in [1.54, 1.807) is 6.07 Å². The molecule has 1 aromatic carbocycles. The lowest BCUT2D eigenvalue weighted by Crippen LogP contribution is -2.37. The van der Waals surface area contributed by atoms with Crippen molar-refractivity contribution in [3.63, 3.8) is 0 Å². The summed E-state index contributed by atoms with van der Waals surface area (Å²) in [6, 6.07) is 5.48. The van der Waals surface area contributed by atoms with Crippen LogP contribution in [0.3, 0.4) is 0 Å². The summed E-state index contributed by atoms with van der Waals surface area (Å²) >= 11 is 9.41. The molecular weight excluding hydrogens is 356 g/mol. The molecule has 1 N–H and O–H groups in total. The highest BCUT2D eigenvalue weighted by molar-refractivity contribution is 9.10. The Morgan fingerprint density at radius 2 is 2.00 bits per heavy atom. The van der Waals surface area contributed by atoms with Crippen LogP contribution in [0.4, 0.5) is 0 Å². The Bertz CT molecular complexity index is 793. The number of aryl methyl sites for hydroxylation is 1. The van der Waals surface area contributed by atoms with Crippen LogP contribution in [-0.2, 0) is 6.42 Å². The van der Waals surface area contributed by atoms with Crippen LogP contribution in [0.2, 0.25) is 5.15 Å². The van der Waals surface area contributed by atoms with Gasteiger partial charge in [0.05, 0.1) is 11.3 Å². The van der Waals surface area contributed by atoms with Crippen molar-refractivity contribution in [3.05, 3.63) is 59.8 Å². The summed E-state index contributed by atoms with van der Waals surface area (Å²) in [5, 5.41) is 0.117. The molecule has 0 spiro atoms. The summed E-state index contributed by atoms with van der Waals surface area (Å²) < 4.78 is 2.07. The number of nitrogens with zero attached hydrogens (tertiary/aromatic N) is 1. The van der Waals surface area contributed by atoms with Crippen LogP contribution in [-0.4, -0.2) is 9.55 Å². The number of nitrogens with one attached hydrogen (secondary N) is 1. The second kappa shape index (κ2) is 6.20. The molecule has 0 aliphatic carbocycles. The van der Waals surface area contributed by atoms with Crippen LogP contribution in [0.5, 0.6) is 0 Å². The van der Waals surface area contributed by atoms with Crippen LogP contribution in [0.15, 0.2) is 32.3 Å². The van der Waals surface area contributed by atoms with Crippen LogP contribution in [0.25, 0.3) is 5.69 Å². The van der Waals surface area contributed by atoms with E-state index in [9.17, 15) is 9.59 Å². The zero-order chi connectivity index (χ0) is 15.7. The quantitative estimate of drug-likeness (QED) is 0.838. The van der Waals surface area contributed by atoms with Gasteiger partial charge in [0.2, 0.25) is 0 Å². The van der Waals surface area contributed by atoms with E-state index in [4.69, 9.17) is 11.6 Å². The molecule has 0 amide bonds. The number of rotatable bonds is 3. The fourth-order valence-corrected chi connectivity index (χ4v) is 3.09. The molecule has 0 radical (unpaired) electrons. The smallest absolute Gasteiger partial charge is 0.297 e. The second-order valence-electron chi connectivity index (χ2n) is 5.08. The Labute approximate surface area is 135 Å². The SMILES string of the molecule is CCc1cc(Br)ccc1-n1c(=O)[nH]c(Cl)c(C(C)C)c1=O. The predicted octanol–water partition coefficient (Wildman–Crippen LogP) is 3.63. The van der Waals surface area contributed by atoms with Crippen molar-refractivity contribution in [3.8, 4) is 5.69 Å². The largest absolute Gasteiger partial charge is 0.334 e. The minimum atomic E-state index is -0.522. The molecule has 21 heavy (non-hydrogen) atoms. The van der Waals surface area contributed by atoms with Crippen LogP contribution in [0, 0.1) is 0 Å². The van der Waals surface area contributed by atoms with Crippen molar-refractivity contribution >= 4 is 27.5 Å². The average Bonchev–Trinajstić information content (AvgIpc) is 2.39. The molecule has 0 atom stereocenters. The summed E-state index contributed by atoms with van der Waals surface area (Å²) in [4.78, 5) is 27.4. The molecule has 2 aromatic rings. The first kappa shape index (κ1) is 16.0. The Balaban J connectivity index is 2.85. The Kier molecular flexibility index (Phi) is 4.74. The van der Waals surface area contributed by atoms with Gasteiger partial charge in [-0.1, -0.05) is 48.3 Å². The normalized spacial score (nSPS) is 11.1. The maximum absolute atomic E-state index is 12.7. The van der Waals surface area contributed by atoms with E-state index in [2.05, 4.69) is 20.9 Å². The first-order chi connectivity index (χ1) is 9.86. The first-order valence-electron chi connectivity index (χ1n) is 6.70. The van der Waals surface area contributed by atoms with E-state index < -0.39 is 5.69 Å². The first-order valence-corrected chi connectivity index (χ1v) is 7.87. The molecular formula is C15H16BrClN2O2. The maximum atomic E-state index is 12.7. The number of aromatic nitrogens is 2. The summed E-state index contributed by atoms with van der Waals surface area (Å²) in [6.45, 7) is 5.71. The van der Waals surface area contributed by atoms with Crippen molar-refractivity contribution in [2.24, 2.45) is 0 Å². The Morgan fingerprint density at radius 1 is 1.33 bits per heavy atom. The zero-order valence-corrected chi connectivity index (χ0v) is 14.4. The topological polar surface area (TPSA) is 54.9 Å². The monoisotopic (exact) mass is 370 g/mol. The van der Waals surface area contributed by atoms with Gasteiger partial charge in [0.15, 0.2) is 0 Å². The lowest BCUT2D eigenvalue weighted by atomic mass is 10.1. The van der Waals surface area contributed by atoms with Crippen LogP contribution < -0.4 is 11.2 Å². The van der Waals surface area contributed by atoms with Gasteiger partial charge in [-0.3, -0.25) is 9.78 Å².